The summed E-state index contributed by atoms with van der Waals surface area (Å²) in [6.07, 6.45) is 0. The van der Waals surface area contributed by atoms with Gasteiger partial charge in [-0.15, -0.1) is 0 Å². The molecule has 0 aliphatic carbocycles. The molecule has 0 fully saturated rings. The molecular weight excluding hydrogens is 617 g/mol. The van der Waals surface area contributed by atoms with Gasteiger partial charge in [-0.2, -0.15) is 0 Å². The van der Waals surface area contributed by atoms with Crippen LogP contribution in [0.25, 0.3) is 109 Å². The van der Waals surface area contributed by atoms with Crippen LogP contribution in [0.3, 0.4) is 0 Å². The zero-order valence-electron chi connectivity index (χ0n) is 55.4. The predicted molar refractivity (Wildman–Crippen MR) is 218 cm³/mol. The van der Waals surface area contributed by atoms with Gasteiger partial charge in [-0.1, -0.05) is 163 Å². The summed E-state index contributed by atoms with van der Waals surface area (Å²) in [5, 5.41) is -8.13. The van der Waals surface area contributed by atoms with Crippen LogP contribution in [0.15, 0.2) is 186 Å². The molecule has 0 aliphatic heterocycles. The lowest BCUT2D eigenvalue weighted by Crippen LogP contribution is -1.92. The first-order chi connectivity index (χ1) is 37.8. The zero-order valence-corrected chi connectivity index (χ0v) is 25.4. The summed E-state index contributed by atoms with van der Waals surface area (Å²) >= 11 is 0. The SMILES string of the molecule is [2H]c1c([2H])c(-c2c([2H])c([2H])c([2H])c3c([2H])c([2H])c(-c4c5c([2H])c([2H])c([2H])c([2H])c5c(-c5c([2H])c([2H])c([2H])c6c([2H])c([2H])c([2H])c([2H])c56)c5c([2H])c([2H])c([2H])c([2H])c45)c([2H])c23)c2c(oc3c4c([2H])c([2H])c([2H])c([2H])c4c([2H])c([2H])c32)c1[2H]. The molecule has 1 aromatic heterocycles. The highest BCUT2D eigenvalue weighted by atomic mass is 16.3. The molecule has 0 spiro atoms. The van der Waals surface area contributed by atoms with Crippen molar-refractivity contribution in [3.8, 4) is 33.4 Å². The van der Waals surface area contributed by atoms with Crippen LogP contribution in [0.4, 0.5) is 0 Å². The van der Waals surface area contributed by atoms with E-state index in [-0.39, 0.29) is 0 Å². The fraction of sp³-hybridized carbons (Fsp3) is 0. The molecule has 236 valence electrons. The van der Waals surface area contributed by atoms with Crippen LogP contribution in [-0.2, 0) is 0 Å². The van der Waals surface area contributed by atoms with Crippen LogP contribution in [-0.4, -0.2) is 0 Å². The van der Waals surface area contributed by atoms with E-state index in [0.29, 0.717) is 0 Å². The normalized spacial score (nSPS) is 20.2. The molecule has 0 saturated heterocycles. The minimum absolute atomic E-state index is 0.470. The molecule has 0 saturated carbocycles. The Morgan fingerprint density at radius 3 is 1.57 bits per heavy atom. The molecule has 1 nitrogen and oxygen atoms in total. The molecule has 0 aliphatic rings. The quantitative estimate of drug-likeness (QED) is 0.170. The molecule has 0 atom stereocenters. The van der Waals surface area contributed by atoms with Crippen molar-refractivity contribution in [2.45, 2.75) is 0 Å². The third-order valence-corrected chi connectivity index (χ3v) is 8.62. The van der Waals surface area contributed by atoms with E-state index in [4.69, 9.17) is 30.5 Å². The van der Waals surface area contributed by atoms with Gasteiger partial charge >= 0.3 is 0 Å². The van der Waals surface area contributed by atoms with Crippen LogP contribution >= 0.6 is 0 Å². The number of fused-ring (bicyclic) bond motifs is 9. The van der Waals surface area contributed by atoms with Crippen molar-refractivity contribution < 1.29 is 45.5 Å². The van der Waals surface area contributed by atoms with Gasteiger partial charge in [-0.3, -0.25) is 0 Å². The Kier molecular flexibility index (Phi) is 2.50. The van der Waals surface area contributed by atoms with Crippen molar-refractivity contribution in [3.63, 3.8) is 0 Å². The highest BCUT2D eigenvalue weighted by Gasteiger charge is 2.20. The highest BCUT2D eigenvalue weighted by molar-refractivity contribution is 6.25. The van der Waals surface area contributed by atoms with E-state index in [1.54, 1.807) is 0 Å². The van der Waals surface area contributed by atoms with Crippen LogP contribution in [0.2, 0.25) is 0 Å². The largest absolute Gasteiger partial charge is 0.455 e. The third-order valence-electron chi connectivity index (χ3n) is 8.62. The number of benzene rings is 10. The van der Waals surface area contributed by atoms with Gasteiger partial charge in [-0.05, 0) is 100.0 Å². The fourth-order valence-corrected chi connectivity index (χ4v) is 6.50. The van der Waals surface area contributed by atoms with Gasteiger partial charge in [-0.25, -0.2) is 0 Å². The van der Waals surface area contributed by atoms with Crippen LogP contribution in [0.1, 0.15) is 41.1 Å². The smallest absolute Gasteiger partial charge is 0.143 e. The first-order valence-electron chi connectivity index (χ1n) is 30.2. The van der Waals surface area contributed by atoms with E-state index < -0.39 is 290 Å². The van der Waals surface area contributed by atoms with Gasteiger partial charge in [0.05, 0.1) is 41.1 Å². The second-order valence-electron chi connectivity index (χ2n) is 11.3. The maximum absolute atomic E-state index is 10.3. The summed E-state index contributed by atoms with van der Waals surface area (Å²) in [7, 11) is 0. The Labute approximate surface area is 336 Å². The summed E-state index contributed by atoms with van der Waals surface area (Å²) in [6, 6.07) is -28.7. The van der Waals surface area contributed by atoms with Gasteiger partial charge in [0.15, 0.2) is 0 Å². The Balaban J connectivity index is 1.45. The Morgan fingerprint density at radius 1 is 0.333 bits per heavy atom. The third kappa shape index (κ3) is 4.16. The van der Waals surface area contributed by atoms with Gasteiger partial charge < -0.3 is 4.42 Å². The number of furan rings is 1. The average Bonchev–Trinajstić information content (AvgIpc) is 3.92. The van der Waals surface area contributed by atoms with Crippen molar-refractivity contribution in [1.82, 2.24) is 0 Å². The van der Waals surface area contributed by atoms with Gasteiger partial charge in [0.1, 0.15) is 11.2 Å². The van der Waals surface area contributed by atoms with Crippen molar-refractivity contribution in [2.24, 2.45) is 0 Å². The Hall–Kier alpha value is -6.70. The molecule has 0 amide bonds. The summed E-state index contributed by atoms with van der Waals surface area (Å²) in [6.45, 7) is 0. The number of rotatable bonds is 3. The van der Waals surface area contributed by atoms with E-state index in [0.717, 1.165) is 0 Å². The zero-order chi connectivity index (χ0) is 59.6. The molecule has 1 heteroatoms. The molecule has 11 rings (SSSR count). The minimum atomic E-state index is -1.10. The summed E-state index contributed by atoms with van der Waals surface area (Å²) in [5.74, 6) is 0. The van der Waals surface area contributed by atoms with Crippen LogP contribution in [0.5, 0.6) is 0 Å². The van der Waals surface area contributed by atoms with E-state index in [1.165, 1.54) is 0 Å². The molecule has 10 aromatic carbocycles. The maximum atomic E-state index is 10.3. The lowest BCUT2D eigenvalue weighted by atomic mass is 9.84. The standard InChI is InChI=1S/C50H30O/c1-3-16-35-31(12-1)14-10-23-38(35)48-42-20-7-5-18-40(42)47(41-19-6-8-21-43(41)48)34-27-26-33-15-9-22-37(45(33)30-34)39-24-11-25-46-49(39)44-29-28-32-13-2-4-17-36(32)50(44)51-46/h1-30H/i1D,2D,3D,4D,5D,6D,7D,8D,9D,10D,11D,12D,13D,14D,15D,16D,17D,18D,19D,20D,21D,22D,23D,24D,25D,26D,27D,28D,29D,30D. The van der Waals surface area contributed by atoms with Gasteiger partial charge in [0.2, 0.25) is 0 Å². The van der Waals surface area contributed by atoms with Crippen molar-refractivity contribution in [1.29, 1.82) is 0 Å². The maximum Gasteiger partial charge on any atom is 0.143 e. The lowest BCUT2D eigenvalue weighted by Gasteiger charge is -2.19. The summed E-state index contributed by atoms with van der Waals surface area (Å²) in [4.78, 5) is 0. The minimum Gasteiger partial charge on any atom is -0.455 e. The molecule has 0 N–H and O–H groups in total. The van der Waals surface area contributed by atoms with E-state index in [9.17, 15) is 15.1 Å². The molecule has 0 bridgehead atoms. The fourth-order valence-electron chi connectivity index (χ4n) is 6.50. The summed E-state index contributed by atoms with van der Waals surface area (Å²) in [5.41, 5.74) is -6.00. The number of hydrogen-bond acceptors (Lipinski definition) is 1. The first-order valence-corrected chi connectivity index (χ1v) is 15.2. The second-order valence-corrected chi connectivity index (χ2v) is 11.3. The topological polar surface area (TPSA) is 13.1 Å². The average molecular weight is 677 g/mol. The first kappa shape index (κ1) is 11.7. The predicted octanol–water partition coefficient (Wildman–Crippen LogP) is 14.4. The van der Waals surface area contributed by atoms with Crippen molar-refractivity contribution in [3.05, 3.63) is 181 Å². The van der Waals surface area contributed by atoms with Crippen LogP contribution < -0.4 is 0 Å². The van der Waals surface area contributed by atoms with E-state index in [2.05, 4.69) is 0 Å². The monoisotopic (exact) mass is 676 g/mol. The van der Waals surface area contributed by atoms with Crippen molar-refractivity contribution in [2.75, 3.05) is 0 Å². The van der Waals surface area contributed by atoms with E-state index in [1.807, 2.05) is 0 Å². The molecular formula is C50H30O. The molecule has 11 aromatic rings. The van der Waals surface area contributed by atoms with Gasteiger partial charge in [0.25, 0.3) is 0 Å². The Morgan fingerprint density at radius 2 is 0.843 bits per heavy atom. The highest BCUT2D eigenvalue weighted by Crippen LogP contribution is 2.47. The lowest BCUT2D eigenvalue weighted by molar-refractivity contribution is 0.673. The molecule has 0 unspecified atom stereocenters. The van der Waals surface area contributed by atoms with Crippen LogP contribution in [0, 0.1) is 0 Å². The van der Waals surface area contributed by atoms with Crippen molar-refractivity contribution >= 4 is 75.8 Å². The number of hydrogen-bond donors (Lipinski definition) is 0. The van der Waals surface area contributed by atoms with Gasteiger partial charge in [0, 0.05) is 16.2 Å². The van der Waals surface area contributed by atoms with E-state index >= 15 is 0 Å². The molecule has 1 heterocycles. The summed E-state index contributed by atoms with van der Waals surface area (Å²) < 4.78 is 280. The Bertz CT molecular complexity index is 4840. The molecule has 51 heavy (non-hydrogen) atoms. The molecule has 0 radical (unpaired) electrons. The second kappa shape index (κ2) is 10.9.